The van der Waals surface area contributed by atoms with Crippen molar-refractivity contribution >= 4 is 11.6 Å². The maximum absolute atomic E-state index is 9.29. The van der Waals surface area contributed by atoms with Crippen molar-refractivity contribution in [2.24, 2.45) is 5.84 Å². The monoisotopic (exact) mass is 265 g/mol. The van der Waals surface area contributed by atoms with Crippen LogP contribution >= 0.6 is 0 Å². The zero-order valence-electron chi connectivity index (χ0n) is 11.5. The number of nitrogens with two attached hydrogens (primary N) is 1. The van der Waals surface area contributed by atoms with Crippen molar-refractivity contribution < 1.29 is 5.11 Å². The third-order valence-electron chi connectivity index (χ3n) is 3.62. The van der Waals surface area contributed by atoms with Crippen molar-refractivity contribution in [3.8, 4) is 0 Å². The van der Waals surface area contributed by atoms with Crippen LogP contribution in [0.4, 0.5) is 11.6 Å². The van der Waals surface area contributed by atoms with Gasteiger partial charge in [-0.1, -0.05) is 19.8 Å². The molecular weight excluding hydrogens is 242 g/mol. The Bertz CT molecular complexity index is 384. The normalized spacial score (nSPS) is 15.7. The fourth-order valence-electron chi connectivity index (χ4n) is 2.67. The van der Waals surface area contributed by atoms with Crippen molar-refractivity contribution in [1.29, 1.82) is 0 Å². The Balaban J connectivity index is 2.28. The van der Waals surface area contributed by atoms with E-state index in [0.717, 1.165) is 30.9 Å². The lowest BCUT2D eigenvalue weighted by atomic mass is 10.2. The molecule has 1 fully saturated rings. The topological polar surface area (TPSA) is 87.3 Å². The average molecular weight is 265 g/mol. The second-order valence-corrected chi connectivity index (χ2v) is 4.88. The highest BCUT2D eigenvalue weighted by Gasteiger charge is 2.24. The number of aliphatic hydroxyl groups excluding tert-OH is 1. The third kappa shape index (κ3) is 3.33. The van der Waals surface area contributed by atoms with Crippen LogP contribution in [0.2, 0.25) is 0 Å². The number of nitrogens with one attached hydrogen (secondary N) is 1. The first-order valence-corrected chi connectivity index (χ1v) is 7.00. The lowest BCUT2D eigenvalue weighted by Gasteiger charge is -2.29. The van der Waals surface area contributed by atoms with E-state index in [1.54, 1.807) is 0 Å². The van der Waals surface area contributed by atoms with Gasteiger partial charge in [0, 0.05) is 25.1 Å². The number of hydrogen-bond donors (Lipinski definition) is 3. The number of hydrogen-bond acceptors (Lipinski definition) is 6. The molecule has 2 rings (SSSR count). The minimum atomic E-state index is 0.132. The van der Waals surface area contributed by atoms with Crippen LogP contribution in [0, 0.1) is 0 Å². The fraction of sp³-hybridized carbons (Fsp3) is 0.692. The van der Waals surface area contributed by atoms with Crippen LogP contribution < -0.4 is 16.2 Å². The van der Waals surface area contributed by atoms with Gasteiger partial charge in [0.15, 0.2) is 0 Å². The SMILES string of the molecule is CCc1nc(NN)cc(N(CCO)C2CCCC2)n1. The van der Waals surface area contributed by atoms with Crippen LogP contribution in [0.3, 0.4) is 0 Å². The number of aryl methyl sites for hydroxylation is 1. The molecule has 6 heteroatoms. The zero-order valence-corrected chi connectivity index (χ0v) is 11.5. The molecule has 1 aromatic heterocycles. The number of nitrogen functional groups attached to an aromatic ring is 1. The molecule has 0 unspecified atom stereocenters. The Morgan fingerprint density at radius 2 is 2.16 bits per heavy atom. The van der Waals surface area contributed by atoms with Gasteiger partial charge in [0.25, 0.3) is 0 Å². The molecule has 106 valence electrons. The summed E-state index contributed by atoms with van der Waals surface area (Å²) < 4.78 is 0. The van der Waals surface area contributed by atoms with Crippen LogP contribution in [0.5, 0.6) is 0 Å². The molecule has 0 aromatic carbocycles. The molecule has 0 aliphatic heterocycles. The zero-order chi connectivity index (χ0) is 13.7. The minimum Gasteiger partial charge on any atom is -0.395 e. The molecule has 1 heterocycles. The maximum Gasteiger partial charge on any atom is 0.145 e. The van der Waals surface area contributed by atoms with E-state index < -0.39 is 0 Å². The predicted octanol–water partition coefficient (Wildman–Crippen LogP) is 1.07. The molecule has 1 aliphatic rings. The quantitative estimate of drug-likeness (QED) is 0.527. The number of anilines is 2. The Kier molecular flexibility index (Phi) is 4.93. The van der Waals surface area contributed by atoms with Gasteiger partial charge in [-0.05, 0) is 12.8 Å². The molecule has 0 spiro atoms. The van der Waals surface area contributed by atoms with E-state index in [4.69, 9.17) is 5.84 Å². The number of rotatable bonds is 6. The summed E-state index contributed by atoms with van der Waals surface area (Å²) in [6, 6.07) is 2.32. The van der Waals surface area contributed by atoms with Crippen LogP contribution in [-0.2, 0) is 6.42 Å². The van der Waals surface area contributed by atoms with Crippen LogP contribution in [0.25, 0.3) is 0 Å². The van der Waals surface area contributed by atoms with Gasteiger partial charge in [-0.25, -0.2) is 15.8 Å². The van der Waals surface area contributed by atoms with Gasteiger partial charge in [-0.15, -0.1) is 0 Å². The standard InChI is InChI=1S/C13H23N5O/c1-2-11-15-12(17-14)9-13(16-11)18(7-8-19)10-5-3-4-6-10/h9-10,19H,2-8,14H2,1H3,(H,15,16,17). The van der Waals surface area contributed by atoms with Crippen LogP contribution in [0.1, 0.15) is 38.4 Å². The van der Waals surface area contributed by atoms with Crippen LogP contribution in [0.15, 0.2) is 6.07 Å². The fourth-order valence-corrected chi connectivity index (χ4v) is 2.67. The Morgan fingerprint density at radius 1 is 1.42 bits per heavy atom. The molecule has 1 aromatic rings. The molecule has 1 aliphatic carbocycles. The molecule has 0 amide bonds. The molecule has 1 saturated carbocycles. The van der Waals surface area contributed by atoms with E-state index in [1.807, 2.05) is 13.0 Å². The molecule has 0 radical (unpaired) electrons. The number of aliphatic hydroxyl groups is 1. The highest BCUT2D eigenvalue weighted by atomic mass is 16.3. The van der Waals surface area contributed by atoms with Crippen molar-refractivity contribution in [3.63, 3.8) is 0 Å². The van der Waals surface area contributed by atoms with Gasteiger partial charge >= 0.3 is 0 Å². The maximum atomic E-state index is 9.29. The highest BCUT2D eigenvalue weighted by Crippen LogP contribution is 2.28. The van der Waals surface area contributed by atoms with Crippen molar-refractivity contribution in [1.82, 2.24) is 9.97 Å². The number of nitrogens with zero attached hydrogens (tertiary/aromatic N) is 3. The minimum absolute atomic E-state index is 0.132. The first-order chi connectivity index (χ1) is 9.28. The van der Waals surface area contributed by atoms with E-state index in [1.165, 1.54) is 12.8 Å². The molecule has 0 bridgehead atoms. The summed E-state index contributed by atoms with van der Waals surface area (Å²) in [7, 11) is 0. The summed E-state index contributed by atoms with van der Waals surface area (Å²) >= 11 is 0. The Labute approximate surface area is 114 Å². The third-order valence-corrected chi connectivity index (χ3v) is 3.62. The van der Waals surface area contributed by atoms with Gasteiger partial charge in [0.1, 0.15) is 17.5 Å². The molecular formula is C13H23N5O. The van der Waals surface area contributed by atoms with Gasteiger partial charge < -0.3 is 15.4 Å². The Morgan fingerprint density at radius 3 is 2.74 bits per heavy atom. The summed E-state index contributed by atoms with van der Waals surface area (Å²) in [5.41, 5.74) is 2.59. The lowest BCUT2D eigenvalue weighted by Crippen LogP contribution is -2.36. The van der Waals surface area contributed by atoms with Crippen molar-refractivity contribution in [2.75, 3.05) is 23.5 Å². The lowest BCUT2D eigenvalue weighted by molar-refractivity contribution is 0.296. The molecule has 0 atom stereocenters. The first-order valence-electron chi connectivity index (χ1n) is 7.00. The van der Waals surface area contributed by atoms with Gasteiger partial charge in [-0.2, -0.15) is 0 Å². The van der Waals surface area contributed by atoms with Crippen LogP contribution in [-0.4, -0.2) is 34.3 Å². The van der Waals surface area contributed by atoms with Crippen molar-refractivity contribution in [3.05, 3.63) is 11.9 Å². The van der Waals surface area contributed by atoms with Gasteiger partial charge in [0.2, 0.25) is 0 Å². The Hall–Kier alpha value is -1.40. The summed E-state index contributed by atoms with van der Waals surface area (Å²) in [4.78, 5) is 11.1. The summed E-state index contributed by atoms with van der Waals surface area (Å²) in [6.45, 7) is 2.76. The van der Waals surface area contributed by atoms with Gasteiger partial charge in [-0.3, -0.25) is 0 Å². The molecule has 19 heavy (non-hydrogen) atoms. The highest BCUT2D eigenvalue weighted by molar-refractivity contribution is 5.49. The smallest absolute Gasteiger partial charge is 0.145 e. The van der Waals surface area contributed by atoms with E-state index >= 15 is 0 Å². The largest absolute Gasteiger partial charge is 0.395 e. The molecule has 0 saturated heterocycles. The van der Waals surface area contributed by atoms with E-state index in [2.05, 4.69) is 20.3 Å². The second-order valence-electron chi connectivity index (χ2n) is 4.88. The van der Waals surface area contributed by atoms with E-state index in [0.29, 0.717) is 18.4 Å². The molecule has 6 nitrogen and oxygen atoms in total. The predicted molar refractivity (Wildman–Crippen MR) is 75.9 cm³/mol. The number of hydrazine groups is 1. The van der Waals surface area contributed by atoms with E-state index in [9.17, 15) is 5.11 Å². The summed E-state index contributed by atoms with van der Waals surface area (Å²) in [5, 5.41) is 9.29. The van der Waals surface area contributed by atoms with Crippen molar-refractivity contribution in [2.45, 2.75) is 45.1 Å². The molecule has 4 N–H and O–H groups in total. The summed E-state index contributed by atoms with van der Waals surface area (Å²) in [5.74, 6) is 7.72. The average Bonchev–Trinajstić information content (AvgIpc) is 2.97. The van der Waals surface area contributed by atoms with E-state index in [-0.39, 0.29) is 6.61 Å². The number of aromatic nitrogens is 2. The first kappa shape index (κ1) is 14.0. The summed E-state index contributed by atoms with van der Waals surface area (Å²) in [6.07, 6.45) is 5.59. The van der Waals surface area contributed by atoms with Gasteiger partial charge in [0.05, 0.1) is 6.61 Å². The second kappa shape index (κ2) is 6.68.